The van der Waals surface area contributed by atoms with Crippen molar-refractivity contribution in [1.29, 1.82) is 0 Å². The Kier molecular flexibility index (Phi) is 5.09. The number of hydrogen-bond donors (Lipinski definition) is 0. The van der Waals surface area contributed by atoms with Crippen LogP contribution in [-0.2, 0) is 13.0 Å². The number of aryl methyl sites for hydroxylation is 2. The molecule has 0 aliphatic carbocycles. The first-order chi connectivity index (χ1) is 12.0. The van der Waals surface area contributed by atoms with Crippen molar-refractivity contribution in [3.63, 3.8) is 0 Å². The summed E-state index contributed by atoms with van der Waals surface area (Å²) >= 11 is 6.11. The zero-order chi connectivity index (χ0) is 18.0. The van der Waals surface area contributed by atoms with Gasteiger partial charge in [0.15, 0.2) is 11.6 Å². The van der Waals surface area contributed by atoms with E-state index < -0.39 is 0 Å². The number of hydrogen-bond acceptors (Lipinski definition) is 3. The van der Waals surface area contributed by atoms with Crippen LogP contribution in [0.25, 0.3) is 11.4 Å². The Morgan fingerprint density at radius 3 is 2.56 bits per heavy atom. The molecular formula is C20H23ClN4. The van der Waals surface area contributed by atoms with Gasteiger partial charge in [-0.2, -0.15) is 5.10 Å². The Labute approximate surface area is 154 Å². The van der Waals surface area contributed by atoms with Crippen LogP contribution >= 0.6 is 11.6 Å². The van der Waals surface area contributed by atoms with Crippen LogP contribution in [0.2, 0.25) is 5.02 Å². The van der Waals surface area contributed by atoms with Crippen LogP contribution < -0.4 is 4.90 Å². The van der Waals surface area contributed by atoms with Gasteiger partial charge in [0.2, 0.25) is 0 Å². The minimum Gasteiger partial charge on any atom is -0.377 e. The van der Waals surface area contributed by atoms with Crippen LogP contribution in [0.15, 0.2) is 42.5 Å². The molecule has 0 atom stereocenters. The molecule has 4 nitrogen and oxygen atoms in total. The topological polar surface area (TPSA) is 34.0 Å². The lowest BCUT2D eigenvalue weighted by Gasteiger charge is -2.18. The van der Waals surface area contributed by atoms with E-state index in [1.165, 1.54) is 11.3 Å². The van der Waals surface area contributed by atoms with Crippen LogP contribution in [0.1, 0.15) is 23.9 Å². The van der Waals surface area contributed by atoms with Crippen LogP contribution in [0.4, 0.5) is 5.69 Å². The van der Waals surface area contributed by atoms with Crippen LogP contribution in [0, 0.1) is 6.92 Å². The summed E-state index contributed by atoms with van der Waals surface area (Å²) in [4.78, 5) is 6.88. The molecule has 0 saturated carbocycles. The number of aromatic nitrogens is 3. The Morgan fingerprint density at radius 1 is 1.12 bits per heavy atom. The largest absolute Gasteiger partial charge is 0.377 e. The van der Waals surface area contributed by atoms with E-state index in [9.17, 15) is 0 Å². The second-order valence-electron chi connectivity index (χ2n) is 6.35. The predicted molar refractivity (Wildman–Crippen MR) is 104 cm³/mol. The second-order valence-corrected chi connectivity index (χ2v) is 6.78. The van der Waals surface area contributed by atoms with Crippen molar-refractivity contribution in [2.45, 2.75) is 26.8 Å². The van der Waals surface area contributed by atoms with Gasteiger partial charge in [-0.15, -0.1) is 0 Å². The first kappa shape index (κ1) is 17.5. The lowest BCUT2D eigenvalue weighted by atomic mass is 10.1. The highest BCUT2D eigenvalue weighted by Gasteiger charge is 2.15. The highest BCUT2D eigenvalue weighted by atomic mass is 35.5. The first-order valence-electron chi connectivity index (χ1n) is 8.45. The molecule has 0 bridgehead atoms. The van der Waals surface area contributed by atoms with Gasteiger partial charge in [0.25, 0.3) is 0 Å². The average molecular weight is 355 g/mol. The standard InChI is InChI=1S/C20H23ClN4/c1-5-19-22-20(17-11-10-16(21)12-14(17)2)25(23-19)13-15-8-6-7-9-18(15)24(3)4/h6-12H,5,13H2,1-4H3. The Morgan fingerprint density at radius 2 is 1.88 bits per heavy atom. The molecule has 0 saturated heterocycles. The van der Waals surface area contributed by atoms with E-state index in [2.05, 4.69) is 57.1 Å². The van der Waals surface area contributed by atoms with Crippen LogP contribution in [0.3, 0.4) is 0 Å². The number of anilines is 1. The predicted octanol–water partition coefficient (Wildman–Crippen LogP) is 4.58. The SMILES string of the molecule is CCc1nc(-c2ccc(Cl)cc2C)n(Cc2ccccc2N(C)C)n1. The highest BCUT2D eigenvalue weighted by Crippen LogP contribution is 2.27. The Bertz CT molecular complexity index is 883. The summed E-state index contributed by atoms with van der Waals surface area (Å²) in [5.41, 5.74) is 4.58. The summed E-state index contributed by atoms with van der Waals surface area (Å²) in [6.07, 6.45) is 0.808. The minimum atomic E-state index is 0.679. The summed E-state index contributed by atoms with van der Waals surface area (Å²) in [7, 11) is 4.11. The van der Waals surface area contributed by atoms with E-state index in [-0.39, 0.29) is 0 Å². The molecule has 0 N–H and O–H groups in total. The fraction of sp³-hybridized carbons (Fsp3) is 0.300. The number of rotatable bonds is 5. The Balaban J connectivity index is 2.07. The van der Waals surface area contributed by atoms with Crippen molar-refractivity contribution in [1.82, 2.24) is 14.8 Å². The molecule has 0 radical (unpaired) electrons. The molecule has 0 aliphatic rings. The van der Waals surface area contributed by atoms with Gasteiger partial charge in [0, 0.05) is 36.8 Å². The number of benzene rings is 2. The Hall–Kier alpha value is -2.33. The number of para-hydroxylation sites is 1. The first-order valence-corrected chi connectivity index (χ1v) is 8.83. The van der Waals surface area contributed by atoms with Gasteiger partial charge < -0.3 is 4.90 Å². The van der Waals surface area contributed by atoms with Crippen molar-refractivity contribution in [2.24, 2.45) is 0 Å². The van der Waals surface area contributed by atoms with Crippen molar-refractivity contribution >= 4 is 17.3 Å². The molecule has 0 fully saturated rings. The molecular weight excluding hydrogens is 332 g/mol. The van der Waals surface area contributed by atoms with Gasteiger partial charge in [0.1, 0.15) is 0 Å². The molecule has 0 spiro atoms. The minimum absolute atomic E-state index is 0.679. The highest BCUT2D eigenvalue weighted by molar-refractivity contribution is 6.30. The zero-order valence-electron chi connectivity index (χ0n) is 15.1. The van der Waals surface area contributed by atoms with E-state index >= 15 is 0 Å². The van der Waals surface area contributed by atoms with E-state index in [1.807, 2.05) is 22.9 Å². The zero-order valence-corrected chi connectivity index (χ0v) is 15.9. The molecule has 130 valence electrons. The third-order valence-electron chi connectivity index (χ3n) is 4.25. The van der Waals surface area contributed by atoms with Crippen LogP contribution in [-0.4, -0.2) is 28.9 Å². The molecule has 5 heteroatoms. The maximum Gasteiger partial charge on any atom is 0.158 e. The van der Waals surface area contributed by atoms with Gasteiger partial charge >= 0.3 is 0 Å². The molecule has 25 heavy (non-hydrogen) atoms. The monoisotopic (exact) mass is 354 g/mol. The van der Waals surface area contributed by atoms with E-state index in [1.54, 1.807) is 0 Å². The molecule has 1 aromatic heterocycles. The molecule has 1 heterocycles. The maximum atomic E-state index is 6.11. The van der Waals surface area contributed by atoms with Gasteiger partial charge in [-0.1, -0.05) is 36.7 Å². The summed E-state index contributed by atoms with van der Waals surface area (Å²) in [5.74, 6) is 1.74. The molecule has 0 aliphatic heterocycles. The summed E-state index contributed by atoms with van der Waals surface area (Å²) in [6.45, 7) is 4.81. The van der Waals surface area contributed by atoms with Gasteiger partial charge in [-0.05, 0) is 42.3 Å². The lowest BCUT2D eigenvalue weighted by molar-refractivity contribution is 0.679. The van der Waals surface area contributed by atoms with E-state index in [4.69, 9.17) is 21.7 Å². The van der Waals surface area contributed by atoms with Gasteiger partial charge in [0.05, 0.1) is 6.54 Å². The quantitative estimate of drug-likeness (QED) is 0.672. The third-order valence-corrected chi connectivity index (χ3v) is 4.49. The lowest BCUT2D eigenvalue weighted by Crippen LogP contribution is -2.14. The molecule has 0 unspecified atom stereocenters. The number of halogens is 1. The van der Waals surface area contributed by atoms with Crippen molar-refractivity contribution < 1.29 is 0 Å². The van der Waals surface area contributed by atoms with E-state index in [0.717, 1.165) is 34.2 Å². The van der Waals surface area contributed by atoms with E-state index in [0.29, 0.717) is 6.54 Å². The third kappa shape index (κ3) is 3.69. The number of nitrogens with zero attached hydrogens (tertiary/aromatic N) is 4. The average Bonchev–Trinajstić information content (AvgIpc) is 2.98. The molecule has 0 amide bonds. The van der Waals surface area contributed by atoms with Crippen molar-refractivity contribution in [2.75, 3.05) is 19.0 Å². The summed E-state index contributed by atoms with van der Waals surface area (Å²) in [6, 6.07) is 14.3. The summed E-state index contributed by atoms with van der Waals surface area (Å²) in [5, 5.41) is 5.46. The fourth-order valence-corrected chi connectivity index (χ4v) is 3.20. The van der Waals surface area contributed by atoms with Crippen molar-refractivity contribution in [3.8, 4) is 11.4 Å². The normalized spacial score (nSPS) is 10.9. The molecule has 2 aromatic carbocycles. The molecule has 3 aromatic rings. The van der Waals surface area contributed by atoms with Gasteiger partial charge in [-0.3, -0.25) is 0 Å². The maximum absolute atomic E-state index is 6.11. The summed E-state index contributed by atoms with van der Waals surface area (Å²) < 4.78 is 2.00. The second kappa shape index (κ2) is 7.28. The van der Waals surface area contributed by atoms with Gasteiger partial charge in [-0.25, -0.2) is 9.67 Å². The smallest absolute Gasteiger partial charge is 0.158 e. The fourth-order valence-electron chi connectivity index (χ4n) is 2.97. The molecule has 3 rings (SSSR count). The van der Waals surface area contributed by atoms with Crippen molar-refractivity contribution in [3.05, 3.63) is 64.4 Å². The van der Waals surface area contributed by atoms with Crippen LogP contribution in [0.5, 0.6) is 0 Å².